The second-order valence-corrected chi connectivity index (χ2v) is 15.7. The Morgan fingerprint density at radius 2 is 1.05 bits per heavy atom. The van der Waals surface area contributed by atoms with Crippen LogP contribution >= 0.6 is 0 Å². The molecule has 5 heteroatoms. The van der Waals surface area contributed by atoms with Gasteiger partial charge in [0, 0.05) is 17.0 Å². The highest BCUT2D eigenvalue weighted by Crippen LogP contribution is 2.57. The minimum absolute atomic E-state index is 0.659. The first-order valence-corrected chi connectivity index (χ1v) is 20.5. The van der Waals surface area contributed by atoms with E-state index < -0.39 is 5.41 Å². The zero-order valence-corrected chi connectivity index (χ0v) is 32.9. The Morgan fingerprint density at radius 3 is 1.82 bits per heavy atom. The summed E-state index contributed by atoms with van der Waals surface area (Å²) in [7, 11) is 0. The highest BCUT2D eigenvalue weighted by atomic mass is 16.8. The van der Waals surface area contributed by atoms with Gasteiger partial charge in [0.25, 0.3) is 0 Å². The van der Waals surface area contributed by atoms with Crippen LogP contribution < -0.4 is 10.1 Å². The maximum absolute atomic E-state index is 6.76. The van der Waals surface area contributed by atoms with Crippen molar-refractivity contribution in [1.29, 1.82) is 0 Å². The Hall–Kier alpha value is -7.73. The summed E-state index contributed by atoms with van der Waals surface area (Å²) < 4.78 is 2.35. The lowest BCUT2D eigenvalue weighted by Gasteiger charge is -2.34. The molecule has 3 heterocycles. The average molecular weight is 771 g/mol. The minimum atomic E-state index is -0.659. The summed E-state index contributed by atoms with van der Waals surface area (Å²) in [4.78, 5) is 11.8. The van der Waals surface area contributed by atoms with Crippen molar-refractivity contribution in [3.63, 3.8) is 0 Å². The first kappa shape index (κ1) is 34.3. The van der Waals surface area contributed by atoms with E-state index >= 15 is 0 Å². The van der Waals surface area contributed by atoms with Crippen LogP contribution in [0.4, 0.5) is 22.7 Å². The van der Waals surface area contributed by atoms with Crippen molar-refractivity contribution in [1.82, 2.24) is 9.55 Å². The summed E-state index contributed by atoms with van der Waals surface area (Å²) in [6.45, 7) is 2.17. The second-order valence-electron chi connectivity index (χ2n) is 15.7. The Balaban J connectivity index is 1.10. The van der Waals surface area contributed by atoms with Gasteiger partial charge >= 0.3 is 0 Å². The number of aryl methyl sites for hydroxylation is 1. The lowest BCUT2D eigenvalue weighted by Crippen LogP contribution is -2.29. The molecular weight excluding hydrogens is 733 g/mol. The van der Waals surface area contributed by atoms with Crippen molar-refractivity contribution < 1.29 is 4.94 Å². The van der Waals surface area contributed by atoms with Gasteiger partial charge in [-0.25, -0.2) is 4.98 Å². The van der Waals surface area contributed by atoms with Gasteiger partial charge in [-0.3, -0.25) is 4.57 Å². The van der Waals surface area contributed by atoms with Crippen LogP contribution in [0.3, 0.4) is 0 Å². The summed E-state index contributed by atoms with van der Waals surface area (Å²) >= 11 is 0. The van der Waals surface area contributed by atoms with Gasteiger partial charge in [-0.05, 0) is 118 Å². The molecule has 0 N–H and O–H groups in total. The number of anilines is 4. The molecular formula is C55H38N4O. The summed E-state index contributed by atoms with van der Waals surface area (Å²) in [6.07, 6.45) is 1.94. The van der Waals surface area contributed by atoms with Crippen molar-refractivity contribution in [2.45, 2.75) is 12.3 Å². The fraction of sp³-hybridized carbons (Fsp3) is 0.0364. The average Bonchev–Trinajstić information content (AvgIpc) is 3.96. The largest absolute Gasteiger partial charge is 0.294 e. The Bertz CT molecular complexity index is 3250. The first-order valence-electron chi connectivity index (χ1n) is 20.5. The molecule has 0 amide bonds. The van der Waals surface area contributed by atoms with Crippen molar-refractivity contribution >= 4 is 44.6 Å². The molecule has 0 unspecified atom stereocenters. The zero-order valence-electron chi connectivity index (χ0n) is 32.9. The van der Waals surface area contributed by atoms with Crippen molar-refractivity contribution in [2.75, 3.05) is 10.1 Å². The number of pyridine rings is 1. The van der Waals surface area contributed by atoms with Gasteiger partial charge in [0.15, 0.2) is 0 Å². The predicted molar refractivity (Wildman–Crippen MR) is 244 cm³/mol. The van der Waals surface area contributed by atoms with Crippen LogP contribution in [0, 0.1) is 6.92 Å². The smallest absolute Gasteiger partial charge is 0.138 e. The standard InChI is InChI=1S/C55H38N4O/c1-37-16-5-6-21-43(37)38-32-33-56-54(34-38)57-50-27-12-9-24-46(50)47-31-30-40(36-53(47)57)55(48-25-10-7-22-44(48)45-23-8-11-26-49(45)55)39-17-15-20-42(35-39)59-52-29-14-13-28-51(52)58(60-59)41-18-3-2-4-19-41/h2-36H,1H3. The molecule has 1 aliphatic carbocycles. The molecule has 60 heavy (non-hydrogen) atoms. The van der Waals surface area contributed by atoms with Gasteiger partial charge in [-0.15, -0.1) is 4.94 Å². The molecule has 0 atom stereocenters. The SMILES string of the molecule is Cc1ccccc1-c1ccnc(-n2c3ccccc3c3ccc(C4(c5cccc(N6ON(c7ccccc7)c7ccccc76)c5)c5ccccc5-c5ccccc54)cc32)c1. The minimum Gasteiger partial charge on any atom is -0.294 e. The van der Waals surface area contributed by atoms with E-state index in [1.807, 2.05) is 34.5 Å². The number of benzene rings is 8. The highest BCUT2D eigenvalue weighted by Gasteiger charge is 2.46. The van der Waals surface area contributed by atoms with Crippen molar-refractivity contribution in [3.8, 4) is 28.1 Å². The summed E-state index contributed by atoms with van der Waals surface area (Å²) in [6, 6.07) is 74.0. The molecule has 2 aromatic heterocycles. The molecule has 1 aliphatic heterocycles. The third kappa shape index (κ3) is 5.00. The third-order valence-corrected chi connectivity index (χ3v) is 12.5. The maximum atomic E-state index is 6.76. The van der Waals surface area contributed by atoms with Crippen molar-refractivity contribution in [2.24, 2.45) is 0 Å². The van der Waals surface area contributed by atoms with E-state index in [0.29, 0.717) is 0 Å². The molecule has 0 bridgehead atoms. The maximum Gasteiger partial charge on any atom is 0.138 e. The fourth-order valence-corrected chi connectivity index (χ4v) is 9.86. The van der Waals surface area contributed by atoms with Gasteiger partial charge in [0.1, 0.15) is 5.82 Å². The molecule has 8 aromatic carbocycles. The third-order valence-electron chi connectivity index (χ3n) is 12.5. The van der Waals surface area contributed by atoms with E-state index in [1.54, 1.807) is 0 Å². The molecule has 12 rings (SSSR count). The number of para-hydroxylation sites is 4. The number of fused-ring (bicyclic) bond motifs is 7. The monoisotopic (exact) mass is 770 g/mol. The van der Waals surface area contributed by atoms with Gasteiger partial charge in [-0.2, -0.15) is 10.1 Å². The van der Waals surface area contributed by atoms with Crippen molar-refractivity contribution in [3.05, 3.63) is 240 Å². The van der Waals surface area contributed by atoms with Gasteiger partial charge in [-0.1, -0.05) is 146 Å². The first-order chi connectivity index (χ1) is 29.7. The van der Waals surface area contributed by atoms with Crippen LogP contribution in [0.1, 0.15) is 27.8 Å². The van der Waals surface area contributed by atoms with E-state index in [1.165, 1.54) is 49.7 Å². The quantitative estimate of drug-likeness (QED) is 0.169. The van der Waals surface area contributed by atoms with Crippen LogP contribution in [-0.2, 0) is 10.4 Å². The Morgan fingerprint density at radius 1 is 0.450 bits per heavy atom. The number of rotatable bonds is 6. The van der Waals surface area contributed by atoms with Crippen LogP contribution in [0.25, 0.3) is 49.9 Å². The zero-order chi connectivity index (χ0) is 39.8. The van der Waals surface area contributed by atoms with Crippen LogP contribution in [0.15, 0.2) is 212 Å². The molecule has 10 aromatic rings. The molecule has 0 saturated heterocycles. The van der Waals surface area contributed by atoms with E-state index in [-0.39, 0.29) is 0 Å². The number of hydrogen-bond acceptors (Lipinski definition) is 4. The molecule has 0 spiro atoms. The van der Waals surface area contributed by atoms with Gasteiger partial charge in [0.05, 0.1) is 39.2 Å². The van der Waals surface area contributed by atoms with E-state index in [4.69, 9.17) is 9.92 Å². The predicted octanol–water partition coefficient (Wildman–Crippen LogP) is 13.7. The topological polar surface area (TPSA) is 33.5 Å². The van der Waals surface area contributed by atoms with Crippen LogP contribution in [0.2, 0.25) is 0 Å². The normalized spacial score (nSPS) is 13.8. The van der Waals surface area contributed by atoms with Crippen LogP contribution in [0.5, 0.6) is 0 Å². The van der Waals surface area contributed by atoms with E-state index in [2.05, 4.69) is 200 Å². The lowest BCUT2D eigenvalue weighted by molar-refractivity contribution is 0.156. The number of hydrogen-bond donors (Lipinski definition) is 0. The Labute approximate surface area is 348 Å². The molecule has 0 radical (unpaired) electrons. The molecule has 0 saturated carbocycles. The van der Waals surface area contributed by atoms with Crippen LogP contribution in [-0.4, -0.2) is 9.55 Å². The Kier molecular flexibility index (Phi) is 7.67. The van der Waals surface area contributed by atoms with E-state index in [9.17, 15) is 0 Å². The summed E-state index contributed by atoms with van der Waals surface area (Å²) in [5.74, 6) is 0.884. The molecule has 0 fully saturated rings. The summed E-state index contributed by atoms with van der Waals surface area (Å²) in [5.41, 5.74) is 16.3. The highest BCUT2D eigenvalue weighted by molar-refractivity contribution is 6.09. The van der Waals surface area contributed by atoms with E-state index in [0.717, 1.165) is 50.7 Å². The van der Waals surface area contributed by atoms with Gasteiger partial charge in [0.2, 0.25) is 0 Å². The number of aromatic nitrogens is 2. The second kappa shape index (κ2) is 13.4. The lowest BCUT2D eigenvalue weighted by atomic mass is 9.67. The molecule has 5 nitrogen and oxygen atoms in total. The molecule has 2 aliphatic rings. The number of nitrogens with zero attached hydrogens (tertiary/aromatic N) is 4. The summed E-state index contributed by atoms with van der Waals surface area (Å²) in [5, 5.41) is 6.25. The fourth-order valence-electron chi connectivity index (χ4n) is 9.86. The van der Waals surface area contributed by atoms with Gasteiger partial charge < -0.3 is 0 Å². The molecule has 284 valence electrons.